The average Bonchev–Trinajstić information content (AvgIpc) is 2.98. The molecule has 14 heteroatoms. The van der Waals surface area contributed by atoms with Crippen LogP contribution in [-0.4, -0.2) is 98.7 Å². The summed E-state index contributed by atoms with van der Waals surface area (Å²) in [5.41, 5.74) is 2.08. The molecule has 8 N–H and O–H groups in total. The molecule has 2 aromatic rings. The molecular weight excluding hydrogens is 580 g/mol. The summed E-state index contributed by atoms with van der Waals surface area (Å²) in [4.78, 5) is 52.3. The zero-order valence-electron chi connectivity index (χ0n) is 24.2. The van der Waals surface area contributed by atoms with E-state index in [2.05, 4.69) is 5.32 Å². The van der Waals surface area contributed by atoms with E-state index in [-0.39, 0.29) is 34.4 Å². The number of nitrogens with two attached hydrogens (primary N) is 1. The maximum absolute atomic E-state index is 13.8. The van der Waals surface area contributed by atoms with Gasteiger partial charge in [-0.25, -0.2) is 0 Å². The molecule has 0 aromatic heterocycles. The lowest BCUT2D eigenvalue weighted by Crippen LogP contribution is -2.58. The maximum atomic E-state index is 13.8. The largest absolute Gasteiger partial charge is 0.507 e. The number of amides is 1. The number of phenols is 2. The molecule has 1 fully saturated rings. The van der Waals surface area contributed by atoms with Gasteiger partial charge in [0.05, 0.1) is 48.7 Å². The molecule has 236 valence electrons. The Morgan fingerprint density at radius 3 is 2.48 bits per heavy atom. The molecule has 2 aliphatic carbocycles. The molecule has 0 radical (unpaired) electrons. The summed E-state index contributed by atoms with van der Waals surface area (Å²) >= 11 is 0. The number of phenolic OH excluding ortho intramolecular Hbond substituents is 2. The Hall–Kier alpha value is -3.92. The Bertz CT molecular complexity index is 1560. The first kappa shape index (κ1) is 31.5. The van der Waals surface area contributed by atoms with Crippen LogP contribution >= 0.6 is 0 Å². The van der Waals surface area contributed by atoms with Crippen LogP contribution in [0.1, 0.15) is 75.8 Å². The highest BCUT2D eigenvalue weighted by Gasteiger charge is 2.49. The summed E-state index contributed by atoms with van der Waals surface area (Å²) in [6.45, 7) is 2.02. The van der Waals surface area contributed by atoms with Crippen LogP contribution in [0.3, 0.4) is 0 Å². The standard InChI is InChI=1S/C30H34N2O12/c1-11-24(35)16(32-29(40)15(31)10-33)7-19(43-11)44-18-9-30(41,12(2)34)8-14-21(18)28(39)23-22(26(14)37)25(36)13-5-4-6-17(42-3)20(13)27(23)38/h4-6,11,15-16,18-19,24,33,35,37,39,41H,7-10,31H2,1-3H3,(H,32,40)/t11?,15-,16?,18-,19?,24?,30-/m0/s1. The van der Waals surface area contributed by atoms with Gasteiger partial charge in [0.15, 0.2) is 17.9 Å². The zero-order chi connectivity index (χ0) is 32.2. The van der Waals surface area contributed by atoms with Gasteiger partial charge in [-0.05, 0) is 19.9 Å². The van der Waals surface area contributed by atoms with Crippen LogP contribution in [0.25, 0.3) is 0 Å². The van der Waals surface area contributed by atoms with Crippen LogP contribution in [0, 0.1) is 0 Å². The van der Waals surface area contributed by atoms with Crippen LogP contribution in [0.2, 0.25) is 0 Å². The normalized spacial score (nSPS) is 28.4. The highest BCUT2D eigenvalue weighted by Crippen LogP contribution is 2.52. The number of methoxy groups -OCH3 is 1. The second kappa shape index (κ2) is 11.5. The molecular formula is C30H34N2O12. The van der Waals surface area contributed by atoms with Crippen molar-refractivity contribution in [3.63, 3.8) is 0 Å². The van der Waals surface area contributed by atoms with E-state index in [1.165, 1.54) is 32.2 Å². The number of aliphatic hydroxyl groups is 3. The maximum Gasteiger partial charge on any atom is 0.239 e. The summed E-state index contributed by atoms with van der Waals surface area (Å²) in [7, 11) is 1.31. The molecule has 0 bridgehead atoms. The quantitative estimate of drug-likeness (QED) is 0.167. The molecule has 14 nitrogen and oxygen atoms in total. The van der Waals surface area contributed by atoms with E-state index < -0.39 is 108 Å². The summed E-state index contributed by atoms with van der Waals surface area (Å²) < 4.78 is 17.2. The second-order valence-corrected chi connectivity index (χ2v) is 11.4. The van der Waals surface area contributed by atoms with Crippen molar-refractivity contribution in [2.24, 2.45) is 5.73 Å². The number of ether oxygens (including phenoxy) is 3. The van der Waals surface area contributed by atoms with E-state index in [9.17, 15) is 44.7 Å². The number of Topliss-reactive ketones (excluding diaryl/α,β-unsaturated/α-hetero) is 1. The summed E-state index contributed by atoms with van der Waals surface area (Å²) in [5.74, 6) is -4.25. The number of aromatic hydroxyl groups is 2. The van der Waals surface area contributed by atoms with E-state index in [0.717, 1.165) is 6.92 Å². The minimum atomic E-state index is -2.10. The van der Waals surface area contributed by atoms with Gasteiger partial charge in [-0.2, -0.15) is 0 Å². The smallest absolute Gasteiger partial charge is 0.239 e. The first-order valence-corrected chi connectivity index (χ1v) is 14.0. The number of ketones is 3. The third kappa shape index (κ3) is 5.02. The van der Waals surface area contributed by atoms with E-state index in [4.69, 9.17) is 19.9 Å². The van der Waals surface area contributed by atoms with Gasteiger partial charge in [-0.3, -0.25) is 19.2 Å². The Morgan fingerprint density at radius 1 is 1.16 bits per heavy atom. The van der Waals surface area contributed by atoms with Crippen molar-refractivity contribution in [1.29, 1.82) is 0 Å². The van der Waals surface area contributed by atoms with E-state index in [0.29, 0.717) is 0 Å². The van der Waals surface area contributed by atoms with Crippen molar-refractivity contribution in [3.8, 4) is 17.2 Å². The van der Waals surface area contributed by atoms with Gasteiger partial charge in [0.25, 0.3) is 0 Å². The third-order valence-electron chi connectivity index (χ3n) is 8.61. The molecule has 3 aliphatic rings. The number of nitrogens with one attached hydrogen (secondary N) is 1. The second-order valence-electron chi connectivity index (χ2n) is 11.4. The van der Waals surface area contributed by atoms with Gasteiger partial charge >= 0.3 is 0 Å². The van der Waals surface area contributed by atoms with Crippen molar-refractivity contribution < 1.29 is 58.9 Å². The number of carbonyl (C=O) groups is 4. The first-order chi connectivity index (χ1) is 20.7. The van der Waals surface area contributed by atoms with Gasteiger partial charge in [0.2, 0.25) is 11.7 Å². The van der Waals surface area contributed by atoms with E-state index in [1.54, 1.807) is 0 Å². The van der Waals surface area contributed by atoms with E-state index in [1.807, 2.05) is 0 Å². The Balaban J connectivity index is 1.59. The topological polar surface area (TPSA) is 235 Å². The van der Waals surface area contributed by atoms with Crippen LogP contribution in [0.4, 0.5) is 0 Å². The van der Waals surface area contributed by atoms with E-state index >= 15 is 0 Å². The highest BCUT2D eigenvalue weighted by atomic mass is 16.7. The molecule has 1 amide bonds. The van der Waals surface area contributed by atoms with Crippen molar-refractivity contribution in [2.75, 3.05) is 13.7 Å². The summed E-state index contributed by atoms with van der Waals surface area (Å²) in [6.07, 6.45) is -5.73. The predicted molar refractivity (Wildman–Crippen MR) is 149 cm³/mol. The minimum Gasteiger partial charge on any atom is -0.507 e. The number of rotatable bonds is 7. The number of hydrogen-bond donors (Lipinski definition) is 7. The molecule has 44 heavy (non-hydrogen) atoms. The lowest BCUT2D eigenvalue weighted by molar-refractivity contribution is -0.249. The average molecular weight is 615 g/mol. The fourth-order valence-electron chi connectivity index (χ4n) is 6.14. The molecule has 1 heterocycles. The first-order valence-electron chi connectivity index (χ1n) is 14.0. The molecule has 5 rings (SSSR count). The number of benzene rings is 2. The molecule has 1 aliphatic heterocycles. The molecule has 4 unspecified atom stereocenters. The highest BCUT2D eigenvalue weighted by molar-refractivity contribution is 6.31. The van der Waals surface area contributed by atoms with Gasteiger partial charge < -0.3 is 50.8 Å². The number of fused-ring (bicyclic) bond motifs is 3. The predicted octanol–water partition coefficient (Wildman–Crippen LogP) is -0.494. The summed E-state index contributed by atoms with van der Waals surface area (Å²) in [6, 6.07) is 2.16. The lowest BCUT2D eigenvalue weighted by Gasteiger charge is -2.43. The molecule has 2 aromatic carbocycles. The fourth-order valence-corrected chi connectivity index (χ4v) is 6.14. The third-order valence-corrected chi connectivity index (χ3v) is 8.61. The lowest BCUT2D eigenvalue weighted by atomic mass is 9.72. The molecule has 7 atom stereocenters. The monoisotopic (exact) mass is 614 g/mol. The van der Waals surface area contributed by atoms with Crippen LogP contribution in [0.5, 0.6) is 17.2 Å². The number of aliphatic hydroxyl groups excluding tert-OH is 2. The van der Waals surface area contributed by atoms with Crippen LogP contribution in [0.15, 0.2) is 18.2 Å². The van der Waals surface area contributed by atoms with Gasteiger partial charge in [0.1, 0.15) is 35.0 Å². The van der Waals surface area contributed by atoms with Gasteiger partial charge in [-0.15, -0.1) is 0 Å². The molecule has 1 saturated heterocycles. The Kier molecular flexibility index (Phi) is 8.26. The van der Waals surface area contributed by atoms with Crippen molar-refractivity contribution in [2.45, 2.75) is 75.4 Å². The number of hydrogen-bond acceptors (Lipinski definition) is 13. The molecule has 0 saturated carbocycles. The van der Waals surface area contributed by atoms with Crippen LogP contribution < -0.4 is 15.8 Å². The van der Waals surface area contributed by atoms with Crippen LogP contribution in [-0.2, 0) is 25.5 Å². The van der Waals surface area contributed by atoms with Gasteiger partial charge in [0, 0.05) is 36.0 Å². The Morgan fingerprint density at radius 2 is 1.84 bits per heavy atom. The molecule has 0 spiro atoms. The summed E-state index contributed by atoms with van der Waals surface area (Å²) in [5, 5.41) is 56.8. The Labute approximate surface area is 251 Å². The minimum absolute atomic E-state index is 0.0564. The van der Waals surface area contributed by atoms with Gasteiger partial charge in [-0.1, -0.05) is 12.1 Å². The van der Waals surface area contributed by atoms with Crippen molar-refractivity contribution in [1.82, 2.24) is 5.32 Å². The SMILES string of the molecule is COc1cccc2c1C(=O)c1c(O)c3c(c(O)c1C2=O)C[C@@](O)(C(C)=O)C[C@@H]3OC1CC(NC(=O)[C@@H](N)CO)C(O)C(C)O1. The zero-order valence-corrected chi connectivity index (χ0v) is 24.2. The fraction of sp³-hybridized carbons (Fsp3) is 0.467. The van der Waals surface area contributed by atoms with Crippen molar-refractivity contribution >= 4 is 23.3 Å². The van der Waals surface area contributed by atoms with Crippen molar-refractivity contribution in [3.05, 3.63) is 51.6 Å². The number of carbonyl (C=O) groups excluding carboxylic acids is 4.